The van der Waals surface area contributed by atoms with Crippen LogP contribution in [-0.4, -0.2) is 33.4 Å². The molecular weight excluding hydrogens is 318 g/mol. The van der Waals surface area contributed by atoms with Crippen LogP contribution in [0.4, 0.5) is 0 Å². The molecule has 3 rings (SSSR count). The standard InChI is InChI=1S/C16H20ClN3OS/c17-13-9-5-4-8-12(13)15(21)16-19-18-14(10-22)20(16)11-6-2-1-3-7-11/h4-5,8-11,14-15,18,21H,1-3,6-7H2. The molecule has 4 nitrogen and oxygen atoms in total. The van der Waals surface area contributed by atoms with E-state index in [2.05, 4.69) is 15.4 Å². The van der Waals surface area contributed by atoms with Gasteiger partial charge in [-0.3, -0.25) is 5.43 Å². The predicted molar refractivity (Wildman–Crippen MR) is 93.1 cm³/mol. The molecule has 0 radical (unpaired) electrons. The Kier molecular flexibility index (Phi) is 4.96. The second kappa shape index (κ2) is 6.94. The van der Waals surface area contributed by atoms with E-state index in [1.165, 1.54) is 19.3 Å². The van der Waals surface area contributed by atoms with Gasteiger partial charge in [-0.2, -0.15) is 5.10 Å². The van der Waals surface area contributed by atoms with Gasteiger partial charge in [-0.25, -0.2) is 0 Å². The summed E-state index contributed by atoms with van der Waals surface area (Å²) in [5.41, 5.74) is 3.70. The number of hydrazone groups is 1. The normalized spacial score (nSPS) is 23.8. The monoisotopic (exact) mass is 337 g/mol. The highest BCUT2D eigenvalue weighted by molar-refractivity contribution is 7.79. The molecule has 0 aromatic heterocycles. The van der Waals surface area contributed by atoms with E-state index >= 15 is 0 Å². The second-order valence-corrected chi connectivity index (χ2v) is 6.48. The van der Waals surface area contributed by atoms with Crippen molar-refractivity contribution in [3.8, 4) is 0 Å². The summed E-state index contributed by atoms with van der Waals surface area (Å²) in [6.45, 7) is 0. The zero-order valence-corrected chi connectivity index (χ0v) is 13.9. The van der Waals surface area contributed by atoms with Crippen LogP contribution in [0.1, 0.15) is 43.8 Å². The lowest BCUT2D eigenvalue weighted by atomic mass is 9.93. The molecule has 22 heavy (non-hydrogen) atoms. The molecule has 0 spiro atoms. The Hall–Kier alpha value is -1.17. The van der Waals surface area contributed by atoms with E-state index < -0.39 is 6.10 Å². The van der Waals surface area contributed by atoms with E-state index in [-0.39, 0.29) is 6.17 Å². The fourth-order valence-corrected chi connectivity index (χ4v) is 3.73. The maximum absolute atomic E-state index is 10.8. The minimum absolute atomic E-state index is 0.134. The van der Waals surface area contributed by atoms with Gasteiger partial charge in [-0.15, -0.1) is 0 Å². The minimum atomic E-state index is -0.844. The van der Waals surface area contributed by atoms with Crippen molar-refractivity contribution in [2.24, 2.45) is 5.10 Å². The van der Waals surface area contributed by atoms with Crippen LogP contribution < -0.4 is 5.43 Å². The highest BCUT2D eigenvalue weighted by Crippen LogP contribution is 2.31. The van der Waals surface area contributed by atoms with Gasteiger partial charge in [0.1, 0.15) is 12.3 Å². The summed E-state index contributed by atoms with van der Waals surface area (Å²) in [5, 5.41) is 17.3. The molecule has 1 saturated carbocycles. The van der Waals surface area contributed by atoms with Crippen LogP contribution >= 0.6 is 23.8 Å². The van der Waals surface area contributed by atoms with Crippen molar-refractivity contribution in [2.75, 3.05) is 0 Å². The third kappa shape index (κ3) is 2.98. The molecule has 2 aliphatic rings. The second-order valence-electron chi connectivity index (χ2n) is 5.80. The Morgan fingerprint density at radius 1 is 1.32 bits per heavy atom. The molecule has 0 amide bonds. The molecule has 2 N–H and O–H groups in total. The first-order valence-electron chi connectivity index (χ1n) is 7.71. The van der Waals surface area contributed by atoms with Crippen LogP contribution in [0, 0.1) is 0 Å². The maximum atomic E-state index is 10.8. The Balaban J connectivity index is 1.87. The number of amidine groups is 1. The van der Waals surface area contributed by atoms with E-state index in [1.54, 1.807) is 11.4 Å². The van der Waals surface area contributed by atoms with E-state index in [9.17, 15) is 5.11 Å². The van der Waals surface area contributed by atoms with Gasteiger partial charge in [0.2, 0.25) is 0 Å². The van der Waals surface area contributed by atoms with Crippen LogP contribution in [0.5, 0.6) is 0 Å². The van der Waals surface area contributed by atoms with E-state index in [4.69, 9.17) is 23.8 Å². The number of rotatable bonds is 4. The average molecular weight is 338 g/mol. The lowest BCUT2D eigenvalue weighted by Gasteiger charge is -2.37. The van der Waals surface area contributed by atoms with Crippen molar-refractivity contribution in [1.82, 2.24) is 10.3 Å². The third-order valence-electron chi connectivity index (χ3n) is 4.42. The zero-order chi connectivity index (χ0) is 15.5. The van der Waals surface area contributed by atoms with Crippen LogP contribution in [0.25, 0.3) is 0 Å². The van der Waals surface area contributed by atoms with Gasteiger partial charge < -0.3 is 10.0 Å². The van der Waals surface area contributed by atoms with Gasteiger partial charge >= 0.3 is 0 Å². The quantitative estimate of drug-likeness (QED) is 0.828. The number of hydrogen-bond donors (Lipinski definition) is 2. The van der Waals surface area contributed by atoms with E-state index in [1.807, 2.05) is 18.2 Å². The summed E-state index contributed by atoms with van der Waals surface area (Å²) < 4.78 is 0. The van der Waals surface area contributed by atoms with Gasteiger partial charge in [-0.1, -0.05) is 61.3 Å². The largest absolute Gasteiger partial charge is 0.380 e. The summed E-state index contributed by atoms with van der Waals surface area (Å²) in [6, 6.07) is 7.70. The van der Waals surface area contributed by atoms with E-state index in [0.717, 1.165) is 12.8 Å². The first-order chi connectivity index (χ1) is 10.7. The Labute approximate surface area is 141 Å². The molecule has 1 aliphatic carbocycles. The minimum Gasteiger partial charge on any atom is -0.380 e. The Bertz CT molecular complexity index is 574. The van der Waals surface area contributed by atoms with Crippen LogP contribution in [0.2, 0.25) is 5.02 Å². The topological polar surface area (TPSA) is 47.9 Å². The van der Waals surface area contributed by atoms with Crippen LogP contribution in [-0.2, 0) is 0 Å². The number of thiocarbonyl (C=S) groups is 1. The smallest absolute Gasteiger partial charge is 0.160 e. The lowest BCUT2D eigenvalue weighted by molar-refractivity contribution is 0.183. The highest BCUT2D eigenvalue weighted by atomic mass is 35.5. The Morgan fingerprint density at radius 3 is 2.73 bits per heavy atom. The zero-order valence-electron chi connectivity index (χ0n) is 12.3. The van der Waals surface area contributed by atoms with Crippen molar-refractivity contribution in [2.45, 2.75) is 50.4 Å². The summed E-state index contributed by atoms with van der Waals surface area (Å²) in [5.74, 6) is 0.617. The number of aliphatic hydroxyl groups excluding tert-OH is 1. The predicted octanol–water partition coefficient (Wildman–Crippen LogP) is 3.25. The summed E-state index contributed by atoms with van der Waals surface area (Å²) in [7, 11) is 0. The number of halogens is 1. The van der Waals surface area contributed by atoms with Crippen molar-refractivity contribution < 1.29 is 5.11 Å². The lowest BCUT2D eigenvalue weighted by Crippen LogP contribution is -2.49. The van der Waals surface area contributed by atoms with Crippen molar-refractivity contribution in [3.05, 3.63) is 34.9 Å². The maximum Gasteiger partial charge on any atom is 0.160 e. The first kappa shape index (κ1) is 15.7. The van der Waals surface area contributed by atoms with Gasteiger partial charge in [0.15, 0.2) is 5.84 Å². The molecule has 6 heteroatoms. The number of nitrogens with one attached hydrogen (secondary N) is 1. The molecule has 0 saturated heterocycles. The summed E-state index contributed by atoms with van der Waals surface area (Å²) >= 11 is 11.3. The molecule has 1 aromatic rings. The summed E-state index contributed by atoms with van der Waals surface area (Å²) in [4.78, 5) is 2.14. The number of hydrogen-bond acceptors (Lipinski definition) is 5. The van der Waals surface area contributed by atoms with Gasteiger partial charge in [0.25, 0.3) is 0 Å². The molecule has 2 atom stereocenters. The fourth-order valence-electron chi connectivity index (χ4n) is 3.30. The first-order valence-corrected chi connectivity index (χ1v) is 8.56. The average Bonchev–Trinajstić information content (AvgIpc) is 2.99. The highest BCUT2D eigenvalue weighted by Gasteiger charge is 2.37. The Morgan fingerprint density at radius 2 is 2.05 bits per heavy atom. The fraction of sp³-hybridized carbons (Fsp3) is 0.500. The molecular formula is C16H20ClN3OS. The summed E-state index contributed by atoms with van der Waals surface area (Å²) in [6.07, 6.45) is 4.93. The van der Waals surface area contributed by atoms with Crippen molar-refractivity contribution in [1.29, 1.82) is 0 Å². The molecule has 1 heterocycles. The van der Waals surface area contributed by atoms with Crippen LogP contribution in [0.15, 0.2) is 29.4 Å². The number of nitrogens with zero attached hydrogens (tertiary/aromatic N) is 2. The SMILES string of the molecule is OC(C1=NNC(C=S)N1C1CCCCC1)c1ccccc1Cl. The molecule has 118 valence electrons. The van der Waals surface area contributed by atoms with Gasteiger partial charge in [0.05, 0.1) is 0 Å². The molecule has 1 aliphatic heterocycles. The van der Waals surface area contributed by atoms with Crippen molar-refractivity contribution >= 4 is 35.0 Å². The molecule has 2 unspecified atom stereocenters. The van der Waals surface area contributed by atoms with Crippen molar-refractivity contribution in [3.63, 3.8) is 0 Å². The molecule has 0 bridgehead atoms. The van der Waals surface area contributed by atoms with E-state index in [0.29, 0.717) is 22.5 Å². The third-order valence-corrected chi connectivity index (χ3v) is 5.02. The number of benzene rings is 1. The molecule has 1 fully saturated rings. The van der Waals surface area contributed by atoms with Gasteiger partial charge in [-0.05, 0) is 18.9 Å². The van der Waals surface area contributed by atoms with Gasteiger partial charge in [0, 0.05) is 22.0 Å². The molecule has 1 aromatic carbocycles. The number of aliphatic hydroxyl groups is 1. The van der Waals surface area contributed by atoms with Crippen LogP contribution in [0.3, 0.4) is 0 Å².